The second-order valence-corrected chi connectivity index (χ2v) is 9.45. The van der Waals surface area contributed by atoms with E-state index in [-0.39, 0.29) is 11.4 Å². The molecule has 0 unspecified atom stereocenters. The maximum absolute atomic E-state index is 13.0. The first kappa shape index (κ1) is 21.1. The molecule has 1 heterocycles. The average molecular weight is 436 g/mol. The summed E-state index contributed by atoms with van der Waals surface area (Å²) in [6, 6.07) is 24.2. The van der Waals surface area contributed by atoms with Crippen molar-refractivity contribution in [2.45, 2.75) is 24.9 Å². The fraction of sp³-hybridized carbons (Fsp3) is 0.208. The number of fused-ring (bicyclic) bond motifs is 1. The third kappa shape index (κ3) is 4.62. The summed E-state index contributed by atoms with van der Waals surface area (Å²) in [6.07, 6.45) is 0. The number of aryl methyl sites for hydroxylation is 1. The Morgan fingerprint density at radius 3 is 2.35 bits per heavy atom. The Kier molecular flexibility index (Phi) is 6.06. The Morgan fingerprint density at radius 1 is 0.935 bits per heavy atom. The third-order valence-corrected chi connectivity index (χ3v) is 6.97. The molecule has 0 aliphatic heterocycles. The van der Waals surface area contributed by atoms with Gasteiger partial charge in [-0.3, -0.25) is 0 Å². The highest BCUT2D eigenvalue weighted by Crippen LogP contribution is 2.21. The molecule has 0 aliphatic rings. The van der Waals surface area contributed by atoms with Crippen molar-refractivity contribution in [3.63, 3.8) is 0 Å². The van der Waals surface area contributed by atoms with Gasteiger partial charge in [-0.2, -0.15) is 4.31 Å². The number of para-hydroxylation sites is 2. The number of ether oxygens (including phenoxy) is 1. The van der Waals surface area contributed by atoms with Gasteiger partial charge in [0.2, 0.25) is 10.0 Å². The average Bonchev–Trinajstić information content (AvgIpc) is 3.13. The van der Waals surface area contributed by atoms with E-state index < -0.39 is 10.0 Å². The predicted molar refractivity (Wildman–Crippen MR) is 122 cm³/mol. The molecule has 0 amide bonds. The molecule has 4 rings (SSSR count). The number of rotatable bonds is 8. The molecule has 6 nitrogen and oxygen atoms in total. The highest BCUT2D eigenvalue weighted by atomic mass is 32.2. The van der Waals surface area contributed by atoms with Crippen LogP contribution < -0.4 is 4.74 Å². The minimum absolute atomic E-state index is 0.163. The lowest BCUT2D eigenvalue weighted by Crippen LogP contribution is -2.28. The first-order valence-corrected chi connectivity index (χ1v) is 11.5. The number of aromatic nitrogens is 2. The smallest absolute Gasteiger partial charge is 0.243 e. The van der Waals surface area contributed by atoms with Crippen molar-refractivity contribution in [3.8, 4) is 5.75 Å². The molecule has 0 saturated heterocycles. The molecule has 3 aromatic carbocycles. The van der Waals surface area contributed by atoms with Crippen molar-refractivity contribution in [3.05, 3.63) is 90.3 Å². The van der Waals surface area contributed by atoms with Gasteiger partial charge in [0.05, 0.1) is 29.0 Å². The fourth-order valence-electron chi connectivity index (χ4n) is 3.44. The zero-order valence-corrected chi connectivity index (χ0v) is 18.4. The highest BCUT2D eigenvalue weighted by molar-refractivity contribution is 7.89. The van der Waals surface area contributed by atoms with Gasteiger partial charge in [-0.25, -0.2) is 13.4 Å². The second kappa shape index (κ2) is 8.91. The molecular formula is C24H25N3O3S. The molecule has 0 radical (unpaired) electrons. The predicted octanol–water partition coefficient (Wildman–Crippen LogP) is 4.24. The lowest BCUT2D eigenvalue weighted by atomic mass is 10.2. The van der Waals surface area contributed by atoms with Crippen molar-refractivity contribution in [1.82, 2.24) is 13.9 Å². The first-order valence-electron chi connectivity index (χ1n) is 10.1. The van der Waals surface area contributed by atoms with Crippen LogP contribution in [0.3, 0.4) is 0 Å². The van der Waals surface area contributed by atoms with Gasteiger partial charge in [0.1, 0.15) is 18.2 Å². The Hall–Kier alpha value is -3.16. The minimum atomic E-state index is -3.61. The van der Waals surface area contributed by atoms with E-state index in [1.54, 1.807) is 37.4 Å². The van der Waals surface area contributed by atoms with Crippen LogP contribution in [0.2, 0.25) is 0 Å². The van der Waals surface area contributed by atoms with Crippen LogP contribution in [0.5, 0.6) is 5.75 Å². The van der Waals surface area contributed by atoms with Gasteiger partial charge in [-0.05, 0) is 43.3 Å². The number of hydrogen-bond acceptors (Lipinski definition) is 4. The van der Waals surface area contributed by atoms with Crippen LogP contribution in [0, 0.1) is 6.92 Å². The van der Waals surface area contributed by atoms with E-state index in [1.165, 1.54) is 9.87 Å². The van der Waals surface area contributed by atoms with Gasteiger partial charge in [-0.1, -0.05) is 48.0 Å². The quantitative estimate of drug-likeness (QED) is 0.415. The minimum Gasteiger partial charge on any atom is -0.492 e. The Balaban J connectivity index is 1.56. The van der Waals surface area contributed by atoms with E-state index in [0.29, 0.717) is 19.0 Å². The summed E-state index contributed by atoms with van der Waals surface area (Å²) in [5.41, 5.74) is 2.96. The number of sulfonamides is 1. The van der Waals surface area contributed by atoms with E-state index in [2.05, 4.69) is 0 Å². The number of hydrogen-bond donors (Lipinski definition) is 0. The van der Waals surface area contributed by atoms with E-state index in [9.17, 15) is 8.42 Å². The normalized spacial score (nSPS) is 11.8. The van der Waals surface area contributed by atoms with Crippen molar-refractivity contribution < 1.29 is 13.2 Å². The van der Waals surface area contributed by atoms with Crippen molar-refractivity contribution in [2.75, 3.05) is 13.7 Å². The summed E-state index contributed by atoms with van der Waals surface area (Å²) in [5, 5.41) is 0. The number of benzene rings is 3. The molecule has 0 aliphatic carbocycles. The van der Waals surface area contributed by atoms with Crippen LogP contribution in [-0.4, -0.2) is 35.9 Å². The van der Waals surface area contributed by atoms with Crippen LogP contribution >= 0.6 is 0 Å². The summed E-state index contributed by atoms with van der Waals surface area (Å²) in [5.74, 6) is 1.48. The molecule has 1 aromatic heterocycles. The molecule has 0 saturated carbocycles. The SMILES string of the molecule is Cc1ccc(OCCn2c(CN(C)S(=O)(=O)c3ccccc3)nc3ccccc32)cc1. The summed E-state index contributed by atoms with van der Waals surface area (Å²) >= 11 is 0. The first-order chi connectivity index (χ1) is 14.9. The van der Waals surface area contributed by atoms with Crippen LogP contribution in [-0.2, 0) is 23.1 Å². The number of nitrogens with zero attached hydrogens (tertiary/aromatic N) is 3. The summed E-state index contributed by atoms with van der Waals surface area (Å²) in [6.45, 7) is 3.21. The largest absolute Gasteiger partial charge is 0.492 e. The summed E-state index contributed by atoms with van der Waals surface area (Å²) < 4.78 is 35.2. The molecule has 0 atom stereocenters. The topological polar surface area (TPSA) is 64.4 Å². The molecule has 0 N–H and O–H groups in total. The second-order valence-electron chi connectivity index (χ2n) is 7.40. The van der Waals surface area contributed by atoms with E-state index in [4.69, 9.17) is 9.72 Å². The zero-order valence-electron chi connectivity index (χ0n) is 17.6. The van der Waals surface area contributed by atoms with Crippen LogP contribution in [0.4, 0.5) is 0 Å². The highest BCUT2D eigenvalue weighted by Gasteiger charge is 2.23. The molecule has 31 heavy (non-hydrogen) atoms. The van der Waals surface area contributed by atoms with Gasteiger partial charge in [0.25, 0.3) is 0 Å². The Morgan fingerprint density at radius 2 is 1.61 bits per heavy atom. The van der Waals surface area contributed by atoms with Gasteiger partial charge in [0.15, 0.2) is 0 Å². The molecular weight excluding hydrogens is 410 g/mol. The lowest BCUT2D eigenvalue weighted by Gasteiger charge is -2.18. The van der Waals surface area contributed by atoms with Crippen LogP contribution in [0.1, 0.15) is 11.4 Å². The van der Waals surface area contributed by atoms with Crippen molar-refractivity contribution in [2.24, 2.45) is 0 Å². The van der Waals surface area contributed by atoms with E-state index in [1.807, 2.05) is 60.0 Å². The Bertz CT molecular complexity index is 1270. The van der Waals surface area contributed by atoms with Gasteiger partial charge in [0, 0.05) is 7.05 Å². The summed E-state index contributed by atoms with van der Waals surface area (Å²) in [7, 11) is -2.03. The maximum Gasteiger partial charge on any atom is 0.243 e. The van der Waals surface area contributed by atoms with Gasteiger partial charge >= 0.3 is 0 Å². The Labute approximate surface area is 182 Å². The standard InChI is InChI=1S/C24H25N3O3S/c1-19-12-14-20(15-13-19)30-17-16-27-23-11-7-6-10-22(23)25-24(27)18-26(2)31(28,29)21-8-4-3-5-9-21/h3-15H,16-18H2,1-2H3. The molecule has 0 bridgehead atoms. The van der Waals surface area contributed by atoms with E-state index in [0.717, 1.165) is 16.8 Å². The number of imidazole rings is 1. The van der Waals surface area contributed by atoms with Crippen LogP contribution in [0.25, 0.3) is 11.0 Å². The van der Waals surface area contributed by atoms with Crippen molar-refractivity contribution >= 4 is 21.1 Å². The molecule has 4 aromatic rings. The van der Waals surface area contributed by atoms with E-state index >= 15 is 0 Å². The third-order valence-electron chi connectivity index (χ3n) is 5.15. The molecule has 0 fully saturated rings. The summed E-state index contributed by atoms with van der Waals surface area (Å²) in [4.78, 5) is 4.96. The van der Waals surface area contributed by atoms with Gasteiger partial charge in [-0.15, -0.1) is 0 Å². The maximum atomic E-state index is 13.0. The lowest BCUT2D eigenvalue weighted by molar-refractivity contribution is 0.296. The van der Waals surface area contributed by atoms with Crippen LogP contribution in [0.15, 0.2) is 83.8 Å². The van der Waals surface area contributed by atoms with Crippen molar-refractivity contribution in [1.29, 1.82) is 0 Å². The zero-order chi connectivity index (χ0) is 21.8. The molecule has 160 valence electrons. The fourth-order valence-corrected chi connectivity index (χ4v) is 4.59. The van der Waals surface area contributed by atoms with Gasteiger partial charge < -0.3 is 9.30 Å². The monoisotopic (exact) mass is 435 g/mol. The molecule has 0 spiro atoms. The molecule has 7 heteroatoms.